The SMILES string of the molecule is O=C(O)c1ccc2c3c(ccc2c1)Oc1ccc2cc(C(=O)O)ccc2c1C3c1ccccc1. The van der Waals surface area contributed by atoms with Crippen LogP contribution in [0.15, 0.2) is 91.0 Å². The van der Waals surface area contributed by atoms with Gasteiger partial charge in [0.2, 0.25) is 0 Å². The quantitative estimate of drug-likeness (QED) is 0.317. The summed E-state index contributed by atoms with van der Waals surface area (Å²) in [6, 6.07) is 27.9. The fraction of sp³-hybridized carbons (Fsp3) is 0.0345. The number of ether oxygens (including phenoxy) is 1. The normalized spacial score (nSPS) is 12.7. The first kappa shape index (κ1) is 20.0. The molecule has 0 aromatic heterocycles. The van der Waals surface area contributed by atoms with Crippen LogP contribution in [0.5, 0.6) is 11.5 Å². The van der Waals surface area contributed by atoms with Gasteiger partial charge in [0, 0.05) is 17.0 Å². The van der Waals surface area contributed by atoms with Crippen molar-refractivity contribution < 1.29 is 24.5 Å². The van der Waals surface area contributed by atoms with Gasteiger partial charge in [-0.3, -0.25) is 0 Å². The molecule has 0 aliphatic carbocycles. The zero-order chi connectivity index (χ0) is 23.4. The van der Waals surface area contributed by atoms with Crippen LogP contribution in [0.3, 0.4) is 0 Å². The predicted octanol–water partition coefficient (Wildman–Crippen LogP) is 6.68. The number of carbonyl (C=O) groups is 2. The molecule has 5 heteroatoms. The van der Waals surface area contributed by atoms with Crippen LogP contribution in [-0.4, -0.2) is 22.2 Å². The van der Waals surface area contributed by atoms with Crippen LogP contribution in [0.2, 0.25) is 0 Å². The Balaban J connectivity index is 1.69. The molecule has 0 spiro atoms. The number of fused-ring (bicyclic) bond motifs is 6. The van der Waals surface area contributed by atoms with E-state index in [0.29, 0.717) is 0 Å². The van der Waals surface area contributed by atoms with Crippen LogP contribution in [0.4, 0.5) is 0 Å². The molecule has 5 nitrogen and oxygen atoms in total. The van der Waals surface area contributed by atoms with E-state index in [9.17, 15) is 19.8 Å². The highest BCUT2D eigenvalue weighted by atomic mass is 16.5. The molecule has 5 aromatic carbocycles. The van der Waals surface area contributed by atoms with Gasteiger partial charge in [0.15, 0.2) is 0 Å². The van der Waals surface area contributed by atoms with Gasteiger partial charge < -0.3 is 14.9 Å². The Morgan fingerprint density at radius 3 is 1.59 bits per heavy atom. The maximum absolute atomic E-state index is 11.5. The first-order valence-corrected chi connectivity index (χ1v) is 10.8. The summed E-state index contributed by atoms with van der Waals surface area (Å²) in [5, 5.41) is 22.4. The van der Waals surface area contributed by atoms with E-state index in [-0.39, 0.29) is 17.0 Å². The molecular weight excluding hydrogens is 428 g/mol. The summed E-state index contributed by atoms with van der Waals surface area (Å²) in [6.45, 7) is 0. The van der Waals surface area contributed by atoms with Crippen molar-refractivity contribution in [1.82, 2.24) is 0 Å². The maximum Gasteiger partial charge on any atom is 0.335 e. The van der Waals surface area contributed by atoms with E-state index in [2.05, 4.69) is 12.1 Å². The summed E-state index contributed by atoms with van der Waals surface area (Å²) in [4.78, 5) is 23.1. The van der Waals surface area contributed by atoms with Gasteiger partial charge in [-0.25, -0.2) is 9.59 Å². The van der Waals surface area contributed by atoms with Crippen molar-refractivity contribution >= 4 is 33.5 Å². The lowest BCUT2D eigenvalue weighted by molar-refractivity contribution is 0.0686. The fourth-order valence-corrected chi connectivity index (χ4v) is 4.95. The van der Waals surface area contributed by atoms with Crippen molar-refractivity contribution in [1.29, 1.82) is 0 Å². The number of aromatic carboxylic acids is 2. The second-order valence-corrected chi connectivity index (χ2v) is 8.38. The number of rotatable bonds is 3. The summed E-state index contributed by atoms with van der Waals surface area (Å²) in [7, 11) is 0. The Labute approximate surface area is 194 Å². The van der Waals surface area contributed by atoms with E-state index in [1.54, 1.807) is 24.3 Å². The maximum atomic E-state index is 11.5. The smallest absolute Gasteiger partial charge is 0.335 e. The molecule has 0 saturated heterocycles. The molecule has 2 N–H and O–H groups in total. The van der Waals surface area contributed by atoms with E-state index in [0.717, 1.165) is 49.7 Å². The van der Waals surface area contributed by atoms with Crippen molar-refractivity contribution in [3.05, 3.63) is 119 Å². The molecule has 1 heterocycles. The fourth-order valence-electron chi connectivity index (χ4n) is 4.95. The summed E-state index contributed by atoms with van der Waals surface area (Å²) in [5.41, 5.74) is 3.45. The van der Waals surface area contributed by atoms with E-state index >= 15 is 0 Å². The standard InChI is InChI=1S/C29H18O5/c30-28(31)19-6-10-21-17(14-19)8-12-23-26(21)25(16-4-2-1-3-5-16)27-22-11-7-20(29(32)33)15-18(22)9-13-24(27)34-23/h1-15,25H,(H,30,31)(H,32,33). The van der Waals surface area contributed by atoms with Crippen LogP contribution in [0.25, 0.3) is 21.5 Å². The molecule has 34 heavy (non-hydrogen) atoms. The van der Waals surface area contributed by atoms with Crippen molar-refractivity contribution in [2.24, 2.45) is 0 Å². The van der Waals surface area contributed by atoms with Crippen LogP contribution in [-0.2, 0) is 0 Å². The van der Waals surface area contributed by atoms with Crippen LogP contribution < -0.4 is 4.74 Å². The van der Waals surface area contributed by atoms with Gasteiger partial charge in [0.05, 0.1) is 11.1 Å². The van der Waals surface area contributed by atoms with Crippen LogP contribution >= 0.6 is 0 Å². The lowest BCUT2D eigenvalue weighted by Crippen LogP contribution is -2.13. The van der Waals surface area contributed by atoms with Gasteiger partial charge in [-0.2, -0.15) is 0 Å². The Bertz CT molecular complexity index is 1530. The first-order valence-electron chi connectivity index (χ1n) is 10.8. The molecule has 1 aliphatic rings. The molecule has 0 fully saturated rings. The minimum atomic E-state index is -0.971. The summed E-state index contributed by atoms with van der Waals surface area (Å²) in [6.07, 6.45) is 0. The zero-order valence-corrected chi connectivity index (χ0v) is 17.9. The van der Waals surface area contributed by atoms with Gasteiger partial charge in [-0.05, 0) is 63.5 Å². The highest BCUT2D eigenvalue weighted by Gasteiger charge is 2.32. The topological polar surface area (TPSA) is 83.8 Å². The number of hydrogen-bond donors (Lipinski definition) is 2. The first-order chi connectivity index (χ1) is 16.5. The third-order valence-corrected chi connectivity index (χ3v) is 6.47. The number of hydrogen-bond acceptors (Lipinski definition) is 3. The Morgan fingerprint density at radius 1 is 0.618 bits per heavy atom. The molecule has 0 unspecified atom stereocenters. The van der Waals surface area contributed by atoms with Crippen molar-refractivity contribution in [3.63, 3.8) is 0 Å². The summed E-state index contributed by atoms with van der Waals surface area (Å²) in [5.74, 6) is -0.683. The number of benzene rings is 5. The minimum Gasteiger partial charge on any atom is -0.478 e. The monoisotopic (exact) mass is 446 g/mol. The lowest BCUT2D eigenvalue weighted by atomic mass is 9.78. The molecule has 0 saturated carbocycles. The molecule has 0 amide bonds. The summed E-state index contributed by atoms with van der Waals surface area (Å²) < 4.78 is 6.37. The Kier molecular flexibility index (Phi) is 4.39. The lowest BCUT2D eigenvalue weighted by Gasteiger charge is -2.31. The number of carboxylic acids is 2. The highest BCUT2D eigenvalue weighted by Crippen LogP contribution is 2.52. The molecular formula is C29H18O5. The number of carboxylic acid groups (broad SMARTS) is 2. The molecule has 6 rings (SSSR count). The zero-order valence-electron chi connectivity index (χ0n) is 17.9. The van der Waals surface area contributed by atoms with Crippen LogP contribution in [0.1, 0.15) is 43.3 Å². The third kappa shape index (κ3) is 3.02. The molecule has 5 aromatic rings. The largest absolute Gasteiger partial charge is 0.478 e. The molecule has 0 bridgehead atoms. The Morgan fingerprint density at radius 2 is 1.12 bits per heavy atom. The second-order valence-electron chi connectivity index (χ2n) is 8.38. The van der Waals surface area contributed by atoms with E-state index in [1.165, 1.54) is 0 Å². The molecule has 0 radical (unpaired) electrons. The molecule has 0 atom stereocenters. The van der Waals surface area contributed by atoms with Crippen molar-refractivity contribution in [2.75, 3.05) is 0 Å². The predicted molar refractivity (Wildman–Crippen MR) is 129 cm³/mol. The van der Waals surface area contributed by atoms with E-state index < -0.39 is 11.9 Å². The third-order valence-electron chi connectivity index (χ3n) is 6.47. The average Bonchev–Trinajstić information content (AvgIpc) is 2.86. The van der Waals surface area contributed by atoms with Gasteiger partial charge in [0.1, 0.15) is 11.5 Å². The van der Waals surface area contributed by atoms with Gasteiger partial charge in [-0.1, -0.05) is 54.6 Å². The van der Waals surface area contributed by atoms with Gasteiger partial charge in [0.25, 0.3) is 0 Å². The van der Waals surface area contributed by atoms with Gasteiger partial charge in [-0.15, -0.1) is 0 Å². The highest BCUT2D eigenvalue weighted by molar-refractivity contribution is 6.00. The van der Waals surface area contributed by atoms with Crippen molar-refractivity contribution in [2.45, 2.75) is 5.92 Å². The molecule has 1 aliphatic heterocycles. The van der Waals surface area contributed by atoms with Crippen molar-refractivity contribution in [3.8, 4) is 11.5 Å². The average molecular weight is 446 g/mol. The summed E-state index contributed by atoms with van der Waals surface area (Å²) >= 11 is 0. The Hall–Kier alpha value is -4.64. The van der Waals surface area contributed by atoms with Crippen LogP contribution in [0, 0.1) is 0 Å². The van der Waals surface area contributed by atoms with E-state index in [4.69, 9.17) is 4.74 Å². The van der Waals surface area contributed by atoms with E-state index in [1.807, 2.05) is 54.6 Å². The minimum absolute atomic E-state index is 0.182. The molecule has 164 valence electrons. The van der Waals surface area contributed by atoms with Gasteiger partial charge >= 0.3 is 11.9 Å². The second kappa shape index (κ2) is 7.46.